The van der Waals surface area contributed by atoms with Crippen LogP contribution in [0.25, 0.3) is 0 Å². The molecule has 3 N–H and O–H groups in total. The summed E-state index contributed by atoms with van der Waals surface area (Å²) in [5, 5.41) is 22.4. The Labute approximate surface area is 166 Å². The average Bonchev–Trinajstić information content (AvgIpc) is 2.95. The number of hydrogen-bond acceptors (Lipinski definition) is 4. The van der Waals surface area contributed by atoms with Gasteiger partial charge in [-0.3, -0.25) is 14.4 Å². The standard InChI is InChI=1S/C19H22ClFN2O5/c20-13-7-11(8-14(21)9-13)10-22-17(26)19(28)5-6-23(18(19)27)15-3-1-12(2-4-15)16(24)25/h7-9,12,15,28H,1-6,10H2,(H,22,26)(H,24,25)/t12-,15-,19?. The number of hydrogen-bond donors (Lipinski definition) is 3. The number of benzene rings is 1. The van der Waals surface area contributed by atoms with Crippen molar-refractivity contribution in [1.29, 1.82) is 0 Å². The van der Waals surface area contributed by atoms with Gasteiger partial charge in [-0.2, -0.15) is 0 Å². The summed E-state index contributed by atoms with van der Waals surface area (Å²) < 4.78 is 13.4. The lowest BCUT2D eigenvalue weighted by atomic mass is 9.85. The Kier molecular flexibility index (Phi) is 5.90. The van der Waals surface area contributed by atoms with Gasteiger partial charge in [0.25, 0.3) is 11.8 Å². The predicted octanol–water partition coefficient (Wildman–Crippen LogP) is 1.70. The van der Waals surface area contributed by atoms with Crippen molar-refractivity contribution in [2.75, 3.05) is 6.54 Å². The normalized spacial score (nSPS) is 27.7. The van der Waals surface area contributed by atoms with Crippen molar-refractivity contribution in [2.24, 2.45) is 5.92 Å². The van der Waals surface area contributed by atoms with Crippen LogP contribution in [0.2, 0.25) is 5.02 Å². The van der Waals surface area contributed by atoms with E-state index in [4.69, 9.17) is 16.7 Å². The zero-order chi connectivity index (χ0) is 20.5. The highest BCUT2D eigenvalue weighted by atomic mass is 35.5. The third-order valence-electron chi connectivity index (χ3n) is 5.57. The number of nitrogens with zero attached hydrogens (tertiary/aromatic N) is 1. The van der Waals surface area contributed by atoms with E-state index in [0.29, 0.717) is 31.2 Å². The molecule has 1 unspecified atom stereocenters. The van der Waals surface area contributed by atoms with Gasteiger partial charge in [-0.15, -0.1) is 0 Å². The molecule has 28 heavy (non-hydrogen) atoms. The van der Waals surface area contributed by atoms with Crippen molar-refractivity contribution in [3.63, 3.8) is 0 Å². The summed E-state index contributed by atoms with van der Waals surface area (Å²) in [4.78, 5) is 37.7. The van der Waals surface area contributed by atoms with Crippen LogP contribution in [-0.4, -0.2) is 51.1 Å². The van der Waals surface area contributed by atoms with Gasteiger partial charge in [0.1, 0.15) is 5.82 Å². The van der Waals surface area contributed by atoms with E-state index >= 15 is 0 Å². The number of carbonyl (C=O) groups is 3. The van der Waals surface area contributed by atoms with E-state index < -0.39 is 35.1 Å². The largest absolute Gasteiger partial charge is 0.481 e. The minimum Gasteiger partial charge on any atom is -0.481 e. The molecular weight excluding hydrogens is 391 g/mol. The molecule has 1 aromatic carbocycles. The second-order valence-corrected chi connectivity index (χ2v) is 7.85. The van der Waals surface area contributed by atoms with Gasteiger partial charge >= 0.3 is 5.97 Å². The van der Waals surface area contributed by atoms with Crippen LogP contribution in [-0.2, 0) is 20.9 Å². The summed E-state index contributed by atoms with van der Waals surface area (Å²) in [5.74, 6) is -3.29. The molecule has 3 rings (SSSR count). The van der Waals surface area contributed by atoms with Gasteiger partial charge in [-0.25, -0.2) is 4.39 Å². The zero-order valence-corrected chi connectivity index (χ0v) is 15.9. The van der Waals surface area contributed by atoms with Gasteiger partial charge in [0, 0.05) is 30.6 Å². The fourth-order valence-corrected chi connectivity index (χ4v) is 4.21. The van der Waals surface area contributed by atoms with Crippen LogP contribution in [0.3, 0.4) is 0 Å². The molecule has 1 aliphatic carbocycles. The van der Waals surface area contributed by atoms with Crippen molar-refractivity contribution in [3.8, 4) is 0 Å². The number of aliphatic carboxylic acids is 1. The summed E-state index contributed by atoms with van der Waals surface area (Å²) in [5.41, 5.74) is -1.75. The fraction of sp³-hybridized carbons (Fsp3) is 0.526. The van der Waals surface area contributed by atoms with Crippen molar-refractivity contribution in [1.82, 2.24) is 10.2 Å². The van der Waals surface area contributed by atoms with Crippen molar-refractivity contribution in [3.05, 3.63) is 34.6 Å². The number of aliphatic hydroxyl groups is 1. The van der Waals surface area contributed by atoms with Crippen LogP contribution in [0.4, 0.5) is 4.39 Å². The number of amides is 2. The topological polar surface area (TPSA) is 107 Å². The number of carboxylic acids is 1. The fourth-order valence-electron chi connectivity index (χ4n) is 3.96. The molecule has 152 valence electrons. The molecule has 1 saturated heterocycles. The quantitative estimate of drug-likeness (QED) is 0.638. The Balaban J connectivity index is 1.60. The molecule has 1 saturated carbocycles. The molecule has 0 radical (unpaired) electrons. The molecule has 1 heterocycles. The maximum atomic E-state index is 13.4. The lowest BCUT2D eigenvalue weighted by Gasteiger charge is -2.34. The van der Waals surface area contributed by atoms with E-state index in [1.165, 1.54) is 17.0 Å². The van der Waals surface area contributed by atoms with E-state index in [2.05, 4.69) is 5.32 Å². The van der Waals surface area contributed by atoms with Crippen molar-refractivity contribution in [2.45, 2.75) is 50.3 Å². The Bertz CT molecular complexity index is 776. The van der Waals surface area contributed by atoms with Gasteiger partial charge < -0.3 is 20.4 Å². The minimum atomic E-state index is -2.17. The highest BCUT2D eigenvalue weighted by Gasteiger charge is 2.53. The van der Waals surface area contributed by atoms with Gasteiger partial charge in [0.2, 0.25) is 5.60 Å². The van der Waals surface area contributed by atoms with Gasteiger partial charge in [0.05, 0.1) is 5.92 Å². The summed E-state index contributed by atoms with van der Waals surface area (Å²) in [6.45, 7) is 0.159. The highest BCUT2D eigenvalue weighted by molar-refractivity contribution is 6.30. The maximum Gasteiger partial charge on any atom is 0.306 e. The monoisotopic (exact) mass is 412 g/mol. The molecule has 2 aliphatic rings. The predicted molar refractivity (Wildman–Crippen MR) is 97.9 cm³/mol. The third-order valence-corrected chi connectivity index (χ3v) is 5.79. The number of nitrogens with one attached hydrogen (secondary N) is 1. The first-order chi connectivity index (χ1) is 13.2. The van der Waals surface area contributed by atoms with Gasteiger partial charge in [0.15, 0.2) is 0 Å². The van der Waals surface area contributed by atoms with Crippen LogP contribution in [0.1, 0.15) is 37.7 Å². The number of rotatable bonds is 5. The van der Waals surface area contributed by atoms with Gasteiger partial charge in [-0.05, 0) is 49.4 Å². The van der Waals surface area contributed by atoms with Crippen molar-refractivity contribution >= 4 is 29.4 Å². The van der Waals surface area contributed by atoms with Crippen LogP contribution < -0.4 is 5.32 Å². The maximum absolute atomic E-state index is 13.4. The number of carboxylic acid groups (broad SMARTS) is 1. The van der Waals surface area contributed by atoms with E-state index in [-0.39, 0.29) is 30.6 Å². The van der Waals surface area contributed by atoms with Crippen LogP contribution >= 0.6 is 11.6 Å². The van der Waals surface area contributed by atoms with Crippen molar-refractivity contribution < 1.29 is 29.0 Å². The molecule has 0 bridgehead atoms. The van der Waals surface area contributed by atoms with Crippen LogP contribution in [0.15, 0.2) is 18.2 Å². The summed E-state index contributed by atoms with van der Waals surface area (Å²) in [7, 11) is 0. The number of halogens is 2. The average molecular weight is 413 g/mol. The molecule has 1 atom stereocenters. The SMILES string of the molecule is O=C(NCc1cc(F)cc(Cl)c1)C1(O)CCN([C@H]2CC[C@H](C(=O)O)CC2)C1=O. The first kappa shape index (κ1) is 20.5. The molecule has 1 aromatic rings. The van der Waals surface area contributed by atoms with E-state index in [1.807, 2.05) is 0 Å². The highest BCUT2D eigenvalue weighted by Crippen LogP contribution is 2.33. The molecule has 9 heteroatoms. The first-order valence-corrected chi connectivity index (χ1v) is 9.58. The van der Waals surface area contributed by atoms with Crippen LogP contribution in [0.5, 0.6) is 0 Å². The summed E-state index contributed by atoms with van der Waals surface area (Å²) >= 11 is 5.78. The zero-order valence-electron chi connectivity index (χ0n) is 15.2. The van der Waals surface area contributed by atoms with E-state index in [1.54, 1.807) is 0 Å². The first-order valence-electron chi connectivity index (χ1n) is 9.20. The second-order valence-electron chi connectivity index (χ2n) is 7.41. The molecule has 2 fully saturated rings. The second kappa shape index (κ2) is 8.05. The van der Waals surface area contributed by atoms with Gasteiger partial charge in [-0.1, -0.05) is 11.6 Å². The Morgan fingerprint density at radius 2 is 1.93 bits per heavy atom. The number of likely N-dealkylation sites (tertiary alicyclic amines) is 1. The Morgan fingerprint density at radius 1 is 1.25 bits per heavy atom. The smallest absolute Gasteiger partial charge is 0.306 e. The molecule has 2 amide bonds. The summed E-state index contributed by atoms with van der Waals surface area (Å²) in [6.07, 6.45) is 1.95. The van der Waals surface area contributed by atoms with Crippen LogP contribution in [0, 0.1) is 11.7 Å². The lowest BCUT2D eigenvalue weighted by molar-refractivity contribution is -0.155. The minimum absolute atomic E-state index is 0.0412. The van der Waals surface area contributed by atoms with E-state index in [9.17, 15) is 23.9 Å². The molecule has 1 aliphatic heterocycles. The van der Waals surface area contributed by atoms with E-state index in [0.717, 1.165) is 6.07 Å². The molecule has 0 spiro atoms. The molecule has 0 aromatic heterocycles. The number of carbonyl (C=O) groups excluding carboxylic acids is 2. The molecule has 7 nitrogen and oxygen atoms in total. The third kappa shape index (κ3) is 4.12. The molecular formula is C19H22ClFN2O5. The summed E-state index contributed by atoms with van der Waals surface area (Å²) in [6, 6.07) is 3.66. The Hall–Kier alpha value is -2.19. The Morgan fingerprint density at radius 3 is 2.54 bits per heavy atom. The lowest BCUT2D eigenvalue weighted by Crippen LogP contribution is -2.54.